The molecule has 0 amide bonds. The summed E-state index contributed by atoms with van der Waals surface area (Å²) in [6.07, 6.45) is 6.06. The van der Waals surface area contributed by atoms with E-state index in [0.717, 1.165) is 12.8 Å². The van der Waals surface area contributed by atoms with Gasteiger partial charge in [-0.15, -0.1) is 11.3 Å². The fourth-order valence-electron chi connectivity index (χ4n) is 2.88. The number of ether oxygens (including phenoxy) is 1. The van der Waals surface area contributed by atoms with Gasteiger partial charge in [-0.3, -0.25) is 0 Å². The van der Waals surface area contributed by atoms with Gasteiger partial charge in [0.25, 0.3) is 5.89 Å². The van der Waals surface area contributed by atoms with Crippen LogP contribution in [0.5, 0.6) is 0 Å². The second-order valence-corrected chi connectivity index (χ2v) is 6.19. The van der Waals surface area contributed by atoms with Crippen LogP contribution in [0.2, 0.25) is 0 Å². The molecule has 0 saturated heterocycles. The summed E-state index contributed by atoms with van der Waals surface area (Å²) in [7, 11) is 0. The van der Waals surface area contributed by atoms with Crippen LogP contribution in [0.3, 0.4) is 0 Å². The van der Waals surface area contributed by atoms with E-state index in [1.54, 1.807) is 0 Å². The molecule has 2 heterocycles. The smallest absolute Gasteiger partial charge is 0.277 e. The van der Waals surface area contributed by atoms with Gasteiger partial charge in [0.2, 0.25) is 5.82 Å². The van der Waals surface area contributed by atoms with Gasteiger partial charge in [-0.2, -0.15) is 4.98 Å². The summed E-state index contributed by atoms with van der Waals surface area (Å²) in [5, 5.41) is 6.43. The number of nitrogen functional groups attached to an aromatic ring is 1. The topological polar surface area (TPSA) is 87.1 Å². The molecular formula is C14H20N4O2S. The standard InChI is InChI=1S/C14H20N4O2S/c1-2-19-11(9-6-4-3-5-7-9)12-17-13(20-18-12)10-8-21-14(15)16-10/h8-9,11H,2-7H2,1H3,(H2,15,16). The van der Waals surface area contributed by atoms with Crippen molar-refractivity contribution in [1.29, 1.82) is 0 Å². The molecule has 2 aromatic heterocycles. The van der Waals surface area contributed by atoms with Crippen molar-refractivity contribution >= 4 is 16.5 Å². The number of nitrogens with zero attached hydrogens (tertiary/aromatic N) is 3. The molecule has 21 heavy (non-hydrogen) atoms. The van der Waals surface area contributed by atoms with Crippen LogP contribution < -0.4 is 5.73 Å². The van der Waals surface area contributed by atoms with Gasteiger partial charge in [0.1, 0.15) is 11.8 Å². The molecule has 0 aliphatic heterocycles. The van der Waals surface area contributed by atoms with Crippen molar-refractivity contribution in [1.82, 2.24) is 15.1 Å². The fraction of sp³-hybridized carbons (Fsp3) is 0.643. The van der Waals surface area contributed by atoms with Gasteiger partial charge in [-0.25, -0.2) is 4.98 Å². The molecule has 1 fully saturated rings. The number of rotatable bonds is 5. The molecule has 1 aliphatic carbocycles. The summed E-state index contributed by atoms with van der Waals surface area (Å²) in [6.45, 7) is 2.65. The first-order valence-corrected chi connectivity index (χ1v) is 8.32. The summed E-state index contributed by atoms with van der Waals surface area (Å²) in [6, 6.07) is 0. The minimum atomic E-state index is -0.0798. The van der Waals surface area contributed by atoms with Gasteiger partial charge in [0.05, 0.1) is 0 Å². The minimum absolute atomic E-state index is 0.0798. The molecule has 3 rings (SSSR count). The van der Waals surface area contributed by atoms with Gasteiger partial charge in [-0.1, -0.05) is 24.4 Å². The van der Waals surface area contributed by atoms with Crippen molar-refractivity contribution in [2.75, 3.05) is 12.3 Å². The molecule has 6 nitrogen and oxygen atoms in total. The Bertz CT molecular complexity index is 577. The number of aromatic nitrogens is 3. The number of hydrogen-bond acceptors (Lipinski definition) is 7. The van der Waals surface area contributed by atoms with Gasteiger partial charge in [0.15, 0.2) is 5.13 Å². The van der Waals surface area contributed by atoms with Crippen molar-refractivity contribution in [3.63, 3.8) is 0 Å². The number of thiazole rings is 1. The summed E-state index contributed by atoms with van der Waals surface area (Å²) < 4.78 is 11.2. The minimum Gasteiger partial charge on any atom is -0.375 e. The van der Waals surface area contributed by atoms with Crippen LogP contribution in [-0.2, 0) is 4.74 Å². The van der Waals surface area contributed by atoms with E-state index in [-0.39, 0.29) is 6.10 Å². The normalized spacial score (nSPS) is 18.0. The molecule has 2 aromatic rings. The van der Waals surface area contributed by atoms with E-state index in [9.17, 15) is 0 Å². The Labute approximate surface area is 127 Å². The average molecular weight is 308 g/mol. The van der Waals surface area contributed by atoms with Crippen molar-refractivity contribution < 1.29 is 9.26 Å². The zero-order valence-corrected chi connectivity index (χ0v) is 12.9. The molecule has 0 aromatic carbocycles. The molecule has 1 unspecified atom stereocenters. The van der Waals surface area contributed by atoms with Crippen LogP contribution in [0.25, 0.3) is 11.6 Å². The van der Waals surface area contributed by atoms with E-state index in [1.165, 1.54) is 30.6 Å². The number of hydrogen-bond donors (Lipinski definition) is 1. The summed E-state index contributed by atoms with van der Waals surface area (Å²) in [5.41, 5.74) is 6.27. The first-order valence-electron chi connectivity index (χ1n) is 7.44. The Balaban J connectivity index is 1.81. The van der Waals surface area contributed by atoms with Crippen LogP contribution in [0.4, 0.5) is 5.13 Å². The second kappa shape index (κ2) is 6.53. The SMILES string of the molecule is CCOC(c1noc(-c2csc(N)n2)n1)C1CCCCC1. The predicted octanol–water partition coefficient (Wildman–Crippen LogP) is 3.43. The third-order valence-corrected chi connectivity index (χ3v) is 4.54. The molecule has 114 valence electrons. The van der Waals surface area contributed by atoms with Crippen molar-refractivity contribution in [3.8, 4) is 11.6 Å². The maximum atomic E-state index is 5.89. The number of anilines is 1. The third kappa shape index (κ3) is 3.24. The quantitative estimate of drug-likeness (QED) is 0.910. The Kier molecular flexibility index (Phi) is 4.50. The van der Waals surface area contributed by atoms with Gasteiger partial charge >= 0.3 is 0 Å². The Morgan fingerprint density at radius 1 is 1.38 bits per heavy atom. The molecule has 0 bridgehead atoms. The zero-order valence-electron chi connectivity index (χ0n) is 12.1. The lowest BCUT2D eigenvalue weighted by Crippen LogP contribution is -2.20. The van der Waals surface area contributed by atoms with Gasteiger partial charge in [0, 0.05) is 12.0 Å². The highest BCUT2D eigenvalue weighted by molar-refractivity contribution is 7.13. The highest BCUT2D eigenvalue weighted by Gasteiger charge is 2.29. The van der Waals surface area contributed by atoms with E-state index >= 15 is 0 Å². The summed E-state index contributed by atoms with van der Waals surface area (Å²) >= 11 is 1.36. The van der Waals surface area contributed by atoms with Crippen LogP contribution in [0, 0.1) is 5.92 Å². The van der Waals surface area contributed by atoms with E-state index in [2.05, 4.69) is 15.1 Å². The maximum Gasteiger partial charge on any atom is 0.277 e. The van der Waals surface area contributed by atoms with Crippen LogP contribution >= 0.6 is 11.3 Å². The Morgan fingerprint density at radius 2 is 2.19 bits per heavy atom. The monoisotopic (exact) mass is 308 g/mol. The molecule has 1 atom stereocenters. The highest BCUT2D eigenvalue weighted by Crippen LogP contribution is 2.36. The zero-order chi connectivity index (χ0) is 14.7. The lowest BCUT2D eigenvalue weighted by Gasteiger charge is -2.27. The van der Waals surface area contributed by atoms with E-state index in [4.69, 9.17) is 15.0 Å². The Hall–Kier alpha value is -1.47. The molecular weight excluding hydrogens is 288 g/mol. The largest absolute Gasteiger partial charge is 0.375 e. The fourth-order valence-corrected chi connectivity index (χ4v) is 3.42. The third-order valence-electron chi connectivity index (χ3n) is 3.86. The Morgan fingerprint density at radius 3 is 2.86 bits per heavy atom. The predicted molar refractivity (Wildman–Crippen MR) is 80.8 cm³/mol. The average Bonchev–Trinajstić information content (AvgIpc) is 3.14. The molecule has 1 saturated carbocycles. The van der Waals surface area contributed by atoms with Crippen LogP contribution in [-0.4, -0.2) is 21.7 Å². The lowest BCUT2D eigenvalue weighted by atomic mass is 9.85. The first kappa shape index (κ1) is 14.5. The van der Waals surface area contributed by atoms with Crippen LogP contribution in [0.15, 0.2) is 9.90 Å². The van der Waals surface area contributed by atoms with Crippen molar-refractivity contribution in [2.45, 2.75) is 45.1 Å². The second-order valence-electron chi connectivity index (χ2n) is 5.30. The maximum absolute atomic E-state index is 5.89. The van der Waals surface area contributed by atoms with Gasteiger partial charge in [-0.05, 0) is 25.7 Å². The molecule has 0 radical (unpaired) electrons. The summed E-state index contributed by atoms with van der Waals surface area (Å²) in [5.74, 6) is 1.52. The summed E-state index contributed by atoms with van der Waals surface area (Å²) in [4.78, 5) is 8.65. The first-order chi connectivity index (χ1) is 10.3. The molecule has 0 spiro atoms. The van der Waals surface area contributed by atoms with E-state index < -0.39 is 0 Å². The van der Waals surface area contributed by atoms with Crippen LogP contribution in [0.1, 0.15) is 51.0 Å². The molecule has 2 N–H and O–H groups in total. The molecule has 1 aliphatic rings. The van der Waals surface area contributed by atoms with Crippen molar-refractivity contribution in [3.05, 3.63) is 11.2 Å². The highest BCUT2D eigenvalue weighted by atomic mass is 32.1. The van der Waals surface area contributed by atoms with E-state index in [0.29, 0.717) is 35.1 Å². The lowest BCUT2D eigenvalue weighted by molar-refractivity contribution is -0.00145. The molecule has 7 heteroatoms. The van der Waals surface area contributed by atoms with Crippen molar-refractivity contribution in [2.24, 2.45) is 5.92 Å². The van der Waals surface area contributed by atoms with E-state index in [1.807, 2.05) is 12.3 Å². The van der Waals surface area contributed by atoms with Gasteiger partial charge < -0.3 is 15.0 Å². The number of nitrogens with two attached hydrogens (primary N) is 1.